The summed E-state index contributed by atoms with van der Waals surface area (Å²) >= 11 is 6.00. The second-order valence-corrected chi connectivity index (χ2v) is 6.60. The summed E-state index contributed by atoms with van der Waals surface area (Å²) in [6.45, 7) is 5.33. The predicted octanol–water partition coefficient (Wildman–Crippen LogP) is 5.74. The SMILES string of the molecule is CCCNC(c1cccc(Cl)c1F)C1CCCCC1CC. The van der Waals surface area contributed by atoms with E-state index in [0.717, 1.165) is 18.5 Å². The van der Waals surface area contributed by atoms with Gasteiger partial charge in [0.2, 0.25) is 0 Å². The molecule has 0 aromatic heterocycles. The fraction of sp³-hybridized carbons (Fsp3) is 0.667. The molecule has 1 saturated carbocycles. The fourth-order valence-electron chi connectivity index (χ4n) is 3.73. The third-order valence-electron chi connectivity index (χ3n) is 4.85. The monoisotopic (exact) mass is 311 g/mol. The lowest BCUT2D eigenvalue weighted by Crippen LogP contribution is -2.35. The molecule has 0 saturated heterocycles. The van der Waals surface area contributed by atoms with Crippen LogP contribution in [0.4, 0.5) is 4.39 Å². The van der Waals surface area contributed by atoms with Crippen LogP contribution in [-0.2, 0) is 0 Å². The van der Waals surface area contributed by atoms with Gasteiger partial charge in [-0.2, -0.15) is 0 Å². The Balaban J connectivity index is 2.30. The Morgan fingerprint density at radius 2 is 2.05 bits per heavy atom. The van der Waals surface area contributed by atoms with Gasteiger partial charge < -0.3 is 5.32 Å². The maximum absolute atomic E-state index is 14.5. The Bertz CT molecular complexity index is 449. The summed E-state index contributed by atoms with van der Waals surface area (Å²) < 4.78 is 14.5. The van der Waals surface area contributed by atoms with E-state index in [1.165, 1.54) is 32.1 Å². The third kappa shape index (κ3) is 3.98. The van der Waals surface area contributed by atoms with Crippen molar-refractivity contribution in [3.8, 4) is 0 Å². The van der Waals surface area contributed by atoms with Gasteiger partial charge in [0.15, 0.2) is 0 Å². The third-order valence-corrected chi connectivity index (χ3v) is 5.14. The maximum atomic E-state index is 14.5. The average Bonchev–Trinajstić information content (AvgIpc) is 2.52. The molecule has 1 nitrogen and oxygen atoms in total. The molecule has 0 spiro atoms. The van der Waals surface area contributed by atoms with Crippen LogP contribution < -0.4 is 5.32 Å². The molecule has 0 bridgehead atoms. The van der Waals surface area contributed by atoms with Crippen LogP contribution in [0.2, 0.25) is 5.02 Å². The van der Waals surface area contributed by atoms with Gasteiger partial charge in [-0.05, 0) is 37.3 Å². The Kier molecular flexibility index (Phi) is 6.50. The number of nitrogens with one attached hydrogen (secondary N) is 1. The molecule has 3 heteroatoms. The first-order valence-corrected chi connectivity index (χ1v) is 8.74. The molecule has 0 amide bonds. The van der Waals surface area contributed by atoms with Gasteiger partial charge in [-0.15, -0.1) is 0 Å². The first-order valence-electron chi connectivity index (χ1n) is 8.36. The van der Waals surface area contributed by atoms with Gasteiger partial charge in [0.05, 0.1) is 5.02 Å². The highest BCUT2D eigenvalue weighted by atomic mass is 35.5. The van der Waals surface area contributed by atoms with Crippen LogP contribution in [0.5, 0.6) is 0 Å². The molecule has 0 aliphatic heterocycles. The molecular formula is C18H27ClFN. The smallest absolute Gasteiger partial charge is 0.146 e. The number of hydrogen-bond acceptors (Lipinski definition) is 1. The maximum Gasteiger partial charge on any atom is 0.146 e. The highest BCUT2D eigenvalue weighted by Gasteiger charge is 2.33. The van der Waals surface area contributed by atoms with Crippen molar-refractivity contribution in [1.82, 2.24) is 5.32 Å². The van der Waals surface area contributed by atoms with Crippen LogP contribution in [0, 0.1) is 17.7 Å². The molecule has 0 radical (unpaired) electrons. The summed E-state index contributed by atoms with van der Waals surface area (Å²) in [6, 6.07) is 5.49. The topological polar surface area (TPSA) is 12.0 Å². The highest BCUT2D eigenvalue weighted by Crippen LogP contribution is 2.41. The van der Waals surface area contributed by atoms with Gasteiger partial charge >= 0.3 is 0 Å². The van der Waals surface area contributed by atoms with Crippen LogP contribution in [0.15, 0.2) is 18.2 Å². The van der Waals surface area contributed by atoms with E-state index >= 15 is 0 Å². The van der Waals surface area contributed by atoms with Crippen molar-refractivity contribution in [2.75, 3.05) is 6.54 Å². The minimum Gasteiger partial charge on any atom is -0.310 e. The molecular weight excluding hydrogens is 285 g/mol. The molecule has 21 heavy (non-hydrogen) atoms. The van der Waals surface area contributed by atoms with Crippen molar-refractivity contribution in [2.24, 2.45) is 11.8 Å². The van der Waals surface area contributed by atoms with Crippen molar-refractivity contribution in [3.63, 3.8) is 0 Å². The van der Waals surface area contributed by atoms with Gasteiger partial charge in [-0.3, -0.25) is 0 Å². The van der Waals surface area contributed by atoms with Crippen LogP contribution in [-0.4, -0.2) is 6.54 Å². The quantitative estimate of drug-likeness (QED) is 0.706. The lowest BCUT2D eigenvalue weighted by atomic mass is 9.72. The first kappa shape index (κ1) is 16.8. The summed E-state index contributed by atoms with van der Waals surface area (Å²) in [5.41, 5.74) is 0.751. The van der Waals surface area contributed by atoms with E-state index in [2.05, 4.69) is 19.2 Å². The zero-order valence-electron chi connectivity index (χ0n) is 13.2. The molecule has 0 heterocycles. The van der Waals surface area contributed by atoms with Gasteiger partial charge in [0, 0.05) is 11.6 Å². The van der Waals surface area contributed by atoms with Gasteiger partial charge in [-0.1, -0.05) is 63.3 Å². The summed E-state index contributed by atoms with van der Waals surface area (Å²) in [4.78, 5) is 0. The standard InChI is InChI=1S/C18H27ClFN/c1-3-12-21-18(14-9-6-5-8-13(14)4-2)15-10-7-11-16(19)17(15)20/h7,10-11,13-14,18,21H,3-6,8-9,12H2,1-2H3. The Morgan fingerprint density at radius 1 is 1.29 bits per heavy atom. The Morgan fingerprint density at radius 3 is 2.76 bits per heavy atom. The number of rotatable bonds is 6. The fourth-order valence-corrected chi connectivity index (χ4v) is 3.92. The first-order chi connectivity index (χ1) is 10.2. The lowest BCUT2D eigenvalue weighted by molar-refractivity contribution is 0.173. The number of hydrogen-bond donors (Lipinski definition) is 1. The molecule has 1 aliphatic carbocycles. The second kappa shape index (κ2) is 8.14. The molecule has 3 atom stereocenters. The molecule has 1 aliphatic rings. The van der Waals surface area contributed by atoms with Crippen molar-refractivity contribution in [2.45, 2.75) is 58.4 Å². The largest absolute Gasteiger partial charge is 0.310 e. The second-order valence-electron chi connectivity index (χ2n) is 6.19. The van der Waals surface area contributed by atoms with Crippen LogP contribution in [0.25, 0.3) is 0 Å². The van der Waals surface area contributed by atoms with Crippen molar-refractivity contribution >= 4 is 11.6 Å². The van der Waals surface area contributed by atoms with Crippen molar-refractivity contribution < 1.29 is 4.39 Å². The van der Waals surface area contributed by atoms with E-state index in [1.807, 2.05) is 12.1 Å². The zero-order chi connectivity index (χ0) is 15.2. The van der Waals surface area contributed by atoms with E-state index in [0.29, 0.717) is 11.8 Å². The molecule has 3 unspecified atom stereocenters. The van der Waals surface area contributed by atoms with Crippen LogP contribution in [0.1, 0.15) is 64.0 Å². The summed E-state index contributed by atoms with van der Waals surface area (Å²) in [7, 11) is 0. The van der Waals surface area contributed by atoms with Crippen LogP contribution >= 0.6 is 11.6 Å². The Labute approximate surface area is 133 Å². The van der Waals surface area contributed by atoms with E-state index in [1.54, 1.807) is 6.07 Å². The molecule has 1 N–H and O–H groups in total. The molecule has 2 rings (SSSR count). The van der Waals surface area contributed by atoms with E-state index in [9.17, 15) is 4.39 Å². The molecule has 1 aromatic carbocycles. The van der Waals surface area contributed by atoms with Crippen LogP contribution in [0.3, 0.4) is 0 Å². The minimum atomic E-state index is -0.242. The summed E-state index contributed by atoms with van der Waals surface area (Å²) in [5.74, 6) is 0.961. The van der Waals surface area contributed by atoms with E-state index < -0.39 is 0 Å². The van der Waals surface area contributed by atoms with E-state index in [4.69, 9.17) is 11.6 Å². The summed E-state index contributed by atoms with van der Waals surface area (Å²) in [6.07, 6.45) is 7.26. The molecule has 1 aromatic rings. The number of halogens is 2. The predicted molar refractivity (Wildman–Crippen MR) is 88.2 cm³/mol. The average molecular weight is 312 g/mol. The molecule has 1 fully saturated rings. The summed E-state index contributed by atoms with van der Waals surface area (Å²) in [5, 5.41) is 3.82. The van der Waals surface area contributed by atoms with Gasteiger partial charge in [0.1, 0.15) is 5.82 Å². The number of benzene rings is 1. The van der Waals surface area contributed by atoms with Crippen molar-refractivity contribution in [1.29, 1.82) is 0 Å². The normalized spacial score (nSPS) is 24.0. The zero-order valence-corrected chi connectivity index (χ0v) is 13.9. The molecule has 118 valence electrons. The minimum absolute atomic E-state index is 0.0916. The van der Waals surface area contributed by atoms with E-state index in [-0.39, 0.29) is 16.9 Å². The van der Waals surface area contributed by atoms with Gasteiger partial charge in [-0.25, -0.2) is 4.39 Å². The van der Waals surface area contributed by atoms with Gasteiger partial charge in [0.25, 0.3) is 0 Å². The lowest BCUT2D eigenvalue weighted by Gasteiger charge is -2.38. The Hall–Kier alpha value is -0.600. The highest BCUT2D eigenvalue weighted by molar-refractivity contribution is 6.30. The van der Waals surface area contributed by atoms with Crippen molar-refractivity contribution in [3.05, 3.63) is 34.6 Å².